The van der Waals surface area contributed by atoms with Crippen molar-refractivity contribution in [1.29, 1.82) is 0 Å². The molecule has 0 spiro atoms. The monoisotopic (exact) mass is 374 g/mol. The number of aromatic nitrogens is 3. The summed E-state index contributed by atoms with van der Waals surface area (Å²) in [6.45, 7) is 5.96. The summed E-state index contributed by atoms with van der Waals surface area (Å²) in [6.07, 6.45) is 0.705. The third kappa shape index (κ3) is 4.27. The Morgan fingerprint density at radius 2 is 2.04 bits per heavy atom. The molecule has 130 valence electrons. The van der Waals surface area contributed by atoms with Gasteiger partial charge in [0.05, 0.1) is 11.4 Å². The standard InChI is InChI=1S/C18H19ClN4OS/c1-11-8-12(2)23(22-11)10-17(24)21-18-20-13(3)16(25-18)9-14-6-4-5-7-15(14)19/h4-8H,9-10H2,1-3H3,(H,20,21,24). The normalized spacial score (nSPS) is 10.9. The van der Waals surface area contributed by atoms with Crippen molar-refractivity contribution in [3.05, 3.63) is 62.9 Å². The van der Waals surface area contributed by atoms with Gasteiger partial charge in [0.2, 0.25) is 5.91 Å². The predicted molar refractivity (Wildman–Crippen MR) is 101 cm³/mol. The smallest absolute Gasteiger partial charge is 0.247 e. The van der Waals surface area contributed by atoms with E-state index < -0.39 is 0 Å². The Morgan fingerprint density at radius 1 is 1.28 bits per heavy atom. The van der Waals surface area contributed by atoms with Crippen molar-refractivity contribution in [1.82, 2.24) is 14.8 Å². The van der Waals surface area contributed by atoms with E-state index in [4.69, 9.17) is 11.6 Å². The second-order valence-corrected chi connectivity index (χ2v) is 7.42. The van der Waals surface area contributed by atoms with Gasteiger partial charge in [-0.25, -0.2) is 4.98 Å². The molecule has 0 aliphatic rings. The molecule has 0 saturated heterocycles. The Balaban J connectivity index is 1.69. The van der Waals surface area contributed by atoms with Crippen LogP contribution >= 0.6 is 22.9 Å². The number of carbonyl (C=O) groups is 1. The van der Waals surface area contributed by atoms with E-state index in [1.807, 2.05) is 51.1 Å². The Bertz CT molecular complexity index is 916. The van der Waals surface area contributed by atoms with Crippen LogP contribution in [-0.2, 0) is 17.8 Å². The zero-order chi connectivity index (χ0) is 18.0. The summed E-state index contributed by atoms with van der Waals surface area (Å²) < 4.78 is 1.69. The zero-order valence-corrected chi connectivity index (χ0v) is 15.9. The lowest BCUT2D eigenvalue weighted by molar-refractivity contribution is -0.116. The Morgan fingerprint density at radius 3 is 2.72 bits per heavy atom. The van der Waals surface area contributed by atoms with Crippen LogP contribution in [0.2, 0.25) is 5.02 Å². The molecule has 0 aliphatic heterocycles. The highest BCUT2D eigenvalue weighted by Gasteiger charge is 2.13. The maximum atomic E-state index is 12.2. The van der Waals surface area contributed by atoms with Crippen molar-refractivity contribution in [3.8, 4) is 0 Å². The summed E-state index contributed by atoms with van der Waals surface area (Å²) in [7, 11) is 0. The van der Waals surface area contributed by atoms with Gasteiger partial charge in [-0.15, -0.1) is 11.3 Å². The van der Waals surface area contributed by atoms with Crippen LogP contribution in [0, 0.1) is 20.8 Å². The number of carbonyl (C=O) groups excluding carboxylic acids is 1. The second kappa shape index (κ2) is 7.37. The second-order valence-electron chi connectivity index (χ2n) is 5.93. The largest absolute Gasteiger partial charge is 0.300 e. The van der Waals surface area contributed by atoms with Gasteiger partial charge in [-0.1, -0.05) is 29.8 Å². The third-order valence-electron chi connectivity index (χ3n) is 3.84. The van der Waals surface area contributed by atoms with Crippen molar-refractivity contribution >= 4 is 34.0 Å². The van der Waals surface area contributed by atoms with Crippen molar-refractivity contribution in [2.24, 2.45) is 0 Å². The van der Waals surface area contributed by atoms with Crippen LogP contribution in [0.4, 0.5) is 5.13 Å². The molecule has 1 N–H and O–H groups in total. The molecule has 0 saturated carbocycles. The molecule has 0 atom stereocenters. The Labute approximate surface area is 155 Å². The molecule has 3 rings (SSSR count). The minimum Gasteiger partial charge on any atom is -0.300 e. The van der Waals surface area contributed by atoms with Crippen LogP contribution in [0.3, 0.4) is 0 Å². The summed E-state index contributed by atoms with van der Waals surface area (Å²) >= 11 is 7.71. The molecule has 5 nitrogen and oxygen atoms in total. The molecule has 1 amide bonds. The van der Waals surface area contributed by atoms with E-state index in [9.17, 15) is 4.79 Å². The molecule has 1 aromatic carbocycles. The van der Waals surface area contributed by atoms with Crippen LogP contribution in [0.5, 0.6) is 0 Å². The molecule has 0 fully saturated rings. The highest BCUT2D eigenvalue weighted by atomic mass is 35.5. The average molecular weight is 375 g/mol. The average Bonchev–Trinajstić information content (AvgIpc) is 3.03. The fourth-order valence-electron chi connectivity index (χ4n) is 2.59. The maximum Gasteiger partial charge on any atom is 0.247 e. The van der Waals surface area contributed by atoms with Crippen LogP contribution in [-0.4, -0.2) is 20.7 Å². The molecule has 3 aromatic rings. The van der Waals surface area contributed by atoms with E-state index in [2.05, 4.69) is 15.4 Å². The van der Waals surface area contributed by atoms with E-state index in [0.29, 0.717) is 11.6 Å². The van der Waals surface area contributed by atoms with Gasteiger partial charge in [0.15, 0.2) is 5.13 Å². The topological polar surface area (TPSA) is 59.8 Å². The predicted octanol–water partition coefficient (Wildman–Crippen LogP) is 4.15. The van der Waals surface area contributed by atoms with Gasteiger partial charge in [0.1, 0.15) is 6.54 Å². The van der Waals surface area contributed by atoms with Crippen molar-refractivity contribution in [3.63, 3.8) is 0 Å². The minimum absolute atomic E-state index is 0.135. The molecule has 0 bridgehead atoms. The molecular weight excluding hydrogens is 356 g/mol. The van der Waals surface area contributed by atoms with Crippen molar-refractivity contribution < 1.29 is 4.79 Å². The van der Waals surface area contributed by atoms with E-state index in [0.717, 1.165) is 32.5 Å². The maximum absolute atomic E-state index is 12.2. The third-order valence-corrected chi connectivity index (χ3v) is 5.29. The van der Waals surface area contributed by atoms with Crippen LogP contribution in [0.15, 0.2) is 30.3 Å². The number of aryl methyl sites for hydroxylation is 3. The summed E-state index contributed by atoms with van der Waals surface area (Å²) in [5, 5.41) is 8.51. The molecule has 0 radical (unpaired) electrons. The number of nitrogens with one attached hydrogen (secondary N) is 1. The van der Waals surface area contributed by atoms with Gasteiger partial charge >= 0.3 is 0 Å². The van der Waals surface area contributed by atoms with Crippen LogP contribution in [0.1, 0.15) is 27.5 Å². The number of nitrogens with zero attached hydrogens (tertiary/aromatic N) is 3. The highest BCUT2D eigenvalue weighted by molar-refractivity contribution is 7.15. The van der Waals surface area contributed by atoms with Gasteiger partial charge in [-0.3, -0.25) is 9.48 Å². The Kier molecular flexibility index (Phi) is 5.20. The molecule has 7 heteroatoms. The van der Waals surface area contributed by atoms with E-state index >= 15 is 0 Å². The summed E-state index contributed by atoms with van der Waals surface area (Å²) in [5.41, 5.74) is 3.82. The quantitative estimate of drug-likeness (QED) is 0.729. The molecule has 2 aromatic heterocycles. The molecule has 0 aliphatic carbocycles. The first-order valence-electron chi connectivity index (χ1n) is 7.93. The first-order valence-corrected chi connectivity index (χ1v) is 9.12. The first-order chi connectivity index (χ1) is 11.9. The van der Waals surface area contributed by atoms with Gasteiger partial charge < -0.3 is 5.32 Å². The number of thiazole rings is 1. The van der Waals surface area contributed by atoms with Gasteiger partial charge in [0, 0.05) is 22.0 Å². The molecular formula is C18H19ClN4OS. The number of halogens is 1. The van der Waals surface area contributed by atoms with Gasteiger partial charge in [0.25, 0.3) is 0 Å². The highest BCUT2D eigenvalue weighted by Crippen LogP contribution is 2.27. The minimum atomic E-state index is -0.135. The van der Waals surface area contributed by atoms with E-state index in [1.54, 1.807) is 4.68 Å². The lowest BCUT2D eigenvalue weighted by atomic mass is 10.1. The number of benzene rings is 1. The molecule has 25 heavy (non-hydrogen) atoms. The fraction of sp³-hybridized carbons (Fsp3) is 0.278. The number of rotatable bonds is 5. The van der Waals surface area contributed by atoms with Crippen LogP contribution in [0.25, 0.3) is 0 Å². The summed E-state index contributed by atoms with van der Waals surface area (Å²) in [5.74, 6) is -0.135. The van der Waals surface area contributed by atoms with Gasteiger partial charge in [-0.2, -0.15) is 5.10 Å². The van der Waals surface area contributed by atoms with Crippen molar-refractivity contribution in [2.75, 3.05) is 5.32 Å². The first kappa shape index (κ1) is 17.6. The molecule has 2 heterocycles. The van der Waals surface area contributed by atoms with E-state index in [1.165, 1.54) is 11.3 Å². The summed E-state index contributed by atoms with van der Waals surface area (Å²) in [6, 6.07) is 9.71. The fourth-order valence-corrected chi connectivity index (χ4v) is 3.79. The lowest BCUT2D eigenvalue weighted by Gasteiger charge is -2.04. The van der Waals surface area contributed by atoms with Crippen molar-refractivity contribution in [2.45, 2.75) is 33.7 Å². The van der Waals surface area contributed by atoms with E-state index in [-0.39, 0.29) is 12.5 Å². The number of hydrogen-bond donors (Lipinski definition) is 1. The number of hydrogen-bond acceptors (Lipinski definition) is 4. The molecule has 0 unspecified atom stereocenters. The zero-order valence-electron chi connectivity index (χ0n) is 14.3. The Hall–Kier alpha value is -2.18. The van der Waals surface area contributed by atoms with Gasteiger partial charge in [-0.05, 0) is 38.5 Å². The lowest BCUT2D eigenvalue weighted by Crippen LogP contribution is -2.20. The summed E-state index contributed by atoms with van der Waals surface area (Å²) in [4.78, 5) is 17.8. The number of amides is 1. The number of anilines is 1. The van der Waals surface area contributed by atoms with Crippen LogP contribution < -0.4 is 5.32 Å². The SMILES string of the molecule is Cc1cc(C)n(CC(=O)Nc2nc(C)c(Cc3ccccc3Cl)s2)n1.